The molecule has 0 aromatic rings. The van der Waals surface area contributed by atoms with Crippen LogP contribution >= 0.6 is 0 Å². The lowest BCUT2D eigenvalue weighted by Crippen LogP contribution is -2.57. The van der Waals surface area contributed by atoms with Crippen LogP contribution in [0, 0.1) is 0 Å². The number of likely N-dealkylation sites (N-methyl/N-ethyl adjacent to an activating group) is 2. The molecule has 1 atom stereocenters. The average Bonchev–Trinajstić information content (AvgIpc) is 2.18. The zero-order valence-electron chi connectivity index (χ0n) is 11.3. The van der Waals surface area contributed by atoms with Crippen molar-refractivity contribution in [3.8, 4) is 0 Å². The minimum atomic E-state index is -0.602. The molecule has 1 unspecified atom stereocenters. The molecule has 96 valence electrons. The Morgan fingerprint density at radius 2 is 2.00 bits per heavy atom. The Bertz CT molecular complexity index is 209. The maximum atomic E-state index is 11.9. The summed E-state index contributed by atoms with van der Waals surface area (Å²) in [4.78, 5) is 14.0. The van der Waals surface area contributed by atoms with Crippen LogP contribution in [0.25, 0.3) is 0 Å². The number of hydrogen-bond donors (Lipinski definition) is 1. The predicted octanol–water partition coefficient (Wildman–Crippen LogP) is 1.26. The van der Waals surface area contributed by atoms with Gasteiger partial charge in [0, 0.05) is 6.54 Å². The molecule has 1 N–H and O–H groups in total. The monoisotopic (exact) mass is 230 g/mol. The van der Waals surface area contributed by atoms with Gasteiger partial charge in [0.1, 0.15) is 5.54 Å². The lowest BCUT2D eigenvalue weighted by molar-refractivity contribution is -0.151. The van der Waals surface area contributed by atoms with Crippen molar-refractivity contribution < 1.29 is 9.53 Å². The molecule has 0 aliphatic carbocycles. The van der Waals surface area contributed by atoms with E-state index in [1.165, 1.54) is 0 Å². The van der Waals surface area contributed by atoms with Gasteiger partial charge in [-0.25, -0.2) is 0 Å². The second kappa shape index (κ2) is 7.63. The molecule has 0 saturated heterocycles. The van der Waals surface area contributed by atoms with Gasteiger partial charge in [-0.05, 0) is 40.4 Å². The molecule has 0 aliphatic heterocycles. The van der Waals surface area contributed by atoms with Crippen LogP contribution in [-0.4, -0.2) is 49.7 Å². The van der Waals surface area contributed by atoms with Crippen LogP contribution in [0.3, 0.4) is 0 Å². The molecular formula is C12H26N2O2. The van der Waals surface area contributed by atoms with Crippen molar-refractivity contribution >= 4 is 5.97 Å². The quantitative estimate of drug-likeness (QED) is 0.637. The van der Waals surface area contributed by atoms with Gasteiger partial charge in [-0.3, -0.25) is 4.79 Å². The fourth-order valence-corrected chi connectivity index (χ4v) is 1.87. The Morgan fingerprint density at radius 1 is 1.38 bits per heavy atom. The van der Waals surface area contributed by atoms with Crippen molar-refractivity contribution in [1.29, 1.82) is 0 Å². The van der Waals surface area contributed by atoms with E-state index in [1.807, 2.05) is 27.8 Å². The molecule has 0 spiro atoms. The van der Waals surface area contributed by atoms with Crippen LogP contribution < -0.4 is 5.32 Å². The first-order chi connectivity index (χ1) is 7.50. The molecule has 0 rings (SSSR count). The highest BCUT2D eigenvalue weighted by Gasteiger charge is 2.34. The number of nitrogens with one attached hydrogen (secondary N) is 1. The van der Waals surface area contributed by atoms with Gasteiger partial charge in [-0.15, -0.1) is 0 Å². The molecular weight excluding hydrogens is 204 g/mol. The van der Waals surface area contributed by atoms with Crippen molar-refractivity contribution in [2.75, 3.05) is 33.3 Å². The number of ether oxygens (including phenoxy) is 1. The molecule has 0 aromatic heterocycles. The summed E-state index contributed by atoms with van der Waals surface area (Å²) >= 11 is 0. The van der Waals surface area contributed by atoms with E-state index in [0.29, 0.717) is 13.2 Å². The van der Waals surface area contributed by atoms with Gasteiger partial charge in [-0.1, -0.05) is 13.8 Å². The third-order valence-electron chi connectivity index (χ3n) is 2.48. The van der Waals surface area contributed by atoms with Crippen molar-refractivity contribution in [1.82, 2.24) is 10.2 Å². The van der Waals surface area contributed by atoms with E-state index in [2.05, 4.69) is 17.1 Å². The molecule has 0 aromatic carbocycles. The molecule has 16 heavy (non-hydrogen) atoms. The Balaban J connectivity index is 4.48. The number of esters is 1. The number of carbonyl (C=O) groups is 1. The predicted molar refractivity (Wildman–Crippen MR) is 66.5 cm³/mol. The lowest BCUT2D eigenvalue weighted by Gasteiger charge is -2.32. The average molecular weight is 230 g/mol. The molecule has 0 bridgehead atoms. The van der Waals surface area contributed by atoms with E-state index in [1.54, 1.807) is 0 Å². The zero-order chi connectivity index (χ0) is 12.6. The number of carbonyl (C=O) groups excluding carboxylic acids is 1. The zero-order valence-corrected chi connectivity index (χ0v) is 11.3. The summed E-state index contributed by atoms with van der Waals surface area (Å²) in [5.74, 6) is -0.167. The maximum Gasteiger partial charge on any atom is 0.327 e. The first-order valence-corrected chi connectivity index (χ1v) is 6.11. The van der Waals surface area contributed by atoms with Crippen molar-refractivity contribution in [3.63, 3.8) is 0 Å². The summed E-state index contributed by atoms with van der Waals surface area (Å²) in [5, 5.41) is 3.22. The second-order valence-electron chi connectivity index (χ2n) is 4.32. The van der Waals surface area contributed by atoms with Gasteiger partial charge in [0.2, 0.25) is 0 Å². The molecule has 0 fully saturated rings. The maximum absolute atomic E-state index is 11.9. The summed E-state index contributed by atoms with van der Waals surface area (Å²) in [7, 11) is 2.03. The smallest absolute Gasteiger partial charge is 0.327 e. The highest BCUT2D eigenvalue weighted by Crippen LogP contribution is 2.09. The minimum absolute atomic E-state index is 0.167. The van der Waals surface area contributed by atoms with E-state index in [0.717, 1.165) is 19.5 Å². The summed E-state index contributed by atoms with van der Waals surface area (Å²) in [6.45, 7) is 10.7. The first kappa shape index (κ1) is 15.4. The highest BCUT2D eigenvalue weighted by atomic mass is 16.5. The van der Waals surface area contributed by atoms with Crippen LogP contribution in [0.4, 0.5) is 0 Å². The normalized spacial score (nSPS) is 14.9. The topological polar surface area (TPSA) is 41.6 Å². The van der Waals surface area contributed by atoms with Crippen LogP contribution in [-0.2, 0) is 9.53 Å². The van der Waals surface area contributed by atoms with Gasteiger partial charge in [0.25, 0.3) is 0 Å². The molecule has 0 saturated carbocycles. The first-order valence-electron chi connectivity index (χ1n) is 6.11. The largest absolute Gasteiger partial charge is 0.465 e. The molecule has 0 heterocycles. The van der Waals surface area contributed by atoms with E-state index < -0.39 is 5.54 Å². The third-order valence-corrected chi connectivity index (χ3v) is 2.48. The van der Waals surface area contributed by atoms with E-state index in [4.69, 9.17) is 4.74 Å². The summed E-state index contributed by atoms with van der Waals surface area (Å²) < 4.78 is 5.11. The Labute approximate surface area is 99.3 Å². The van der Waals surface area contributed by atoms with Gasteiger partial charge in [-0.2, -0.15) is 0 Å². The van der Waals surface area contributed by atoms with Crippen molar-refractivity contribution in [2.24, 2.45) is 0 Å². The Morgan fingerprint density at radius 3 is 2.44 bits per heavy atom. The third kappa shape index (κ3) is 4.94. The Kier molecular flexibility index (Phi) is 7.34. The molecule has 0 aliphatic rings. The van der Waals surface area contributed by atoms with Crippen LogP contribution in [0.2, 0.25) is 0 Å². The Hall–Kier alpha value is -0.610. The number of nitrogens with zero attached hydrogens (tertiary/aromatic N) is 1. The van der Waals surface area contributed by atoms with E-state index >= 15 is 0 Å². The van der Waals surface area contributed by atoms with Gasteiger partial charge in [0.05, 0.1) is 6.61 Å². The standard InChI is InChI=1S/C12H26N2O2/c1-6-9-14(5)10-12(4,13-7-2)11(15)16-8-3/h13H,6-10H2,1-5H3. The van der Waals surface area contributed by atoms with Crippen molar-refractivity contribution in [2.45, 2.75) is 39.7 Å². The number of rotatable bonds is 8. The van der Waals surface area contributed by atoms with Crippen LogP contribution in [0.15, 0.2) is 0 Å². The molecule has 4 heteroatoms. The van der Waals surface area contributed by atoms with Gasteiger partial charge < -0.3 is 15.0 Å². The van der Waals surface area contributed by atoms with Gasteiger partial charge in [0.15, 0.2) is 0 Å². The summed E-state index contributed by atoms with van der Waals surface area (Å²) in [6.07, 6.45) is 1.08. The van der Waals surface area contributed by atoms with Crippen molar-refractivity contribution in [3.05, 3.63) is 0 Å². The second-order valence-corrected chi connectivity index (χ2v) is 4.32. The van der Waals surface area contributed by atoms with Crippen LogP contribution in [0.1, 0.15) is 34.1 Å². The fraction of sp³-hybridized carbons (Fsp3) is 0.917. The van der Waals surface area contributed by atoms with E-state index in [-0.39, 0.29) is 5.97 Å². The highest BCUT2D eigenvalue weighted by molar-refractivity contribution is 5.80. The van der Waals surface area contributed by atoms with Crippen LogP contribution in [0.5, 0.6) is 0 Å². The fourth-order valence-electron chi connectivity index (χ4n) is 1.87. The SMILES string of the molecule is CCCN(C)CC(C)(NCC)C(=O)OCC. The summed E-state index contributed by atoms with van der Waals surface area (Å²) in [5.41, 5.74) is -0.602. The molecule has 4 nitrogen and oxygen atoms in total. The van der Waals surface area contributed by atoms with Gasteiger partial charge >= 0.3 is 5.97 Å². The molecule has 0 amide bonds. The number of hydrogen-bond acceptors (Lipinski definition) is 4. The van der Waals surface area contributed by atoms with E-state index in [9.17, 15) is 4.79 Å². The minimum Gasteiger partial charge on any atom is -0.465 e. The molecule has 0 radical (unpaired) electrons. The lowest BCUT2D eigenvalue weighted by atomic mass is 10.0. The summed E-state index contributed by atoms with van der Waals surface area (Å²) in [6, 6.07) is 0.